The molecule has 0 saturated carbocycles. The normalized spacial score (nSPS) is 18.4. The third kappa shape index (κ3) is 6.05. The van der Waals surface area contributed by atoms with Crippen LogP contribution in [-0.4, -0.2) is 39.0 Å². The molecule has 1 aromatic carbocycles. The molecular formula is C17H24F2N2O3. The summed E-state index contributed by atoms with van der Waals surface area (Å²) in [5.41, 5.74) is 0.506. The van der Waals surface area contributed by atoms with E-state index in [1.54, 1.807) is 6.92 Å². The van der Waals surface area contributed by atoms with Crippen LogP contribution in [-0.2, 0) is 9.47 Å². The first-order chi connectivity index (χ1) is 11.6. The molecule has 2 unspecified atom stereocenters. The van der Waals surface area contributed by atoms with Crippen molar-refractivity contribution in [2.24, 2.45) is 5.92 Å². The molecule has 5 nitrogen and oxygen atoms in total. The molecule has 2 rings (SSSR count). The number of hydrogen-bond donors (Lipinski definition) is 2. The first kappa shape index (κ1) is 18.6. The summed E-state index contributed by atoms with van der Waals surface area (Å²) in [5, 5.41) is 5.40. The van der Waals surface area contributed by atoms with Gasteiger partial charge < -0.3 is 20.1 Å². The number of urea groups is 1. The predicted octanol–water partition coefficient (Wildman–Crippen LogP) is 2.77. The molecule has 0 spiro atoms. The maximum Gasteiger partial charge on any atom is 0.315 e. The van der Waals surface area contributed by atoms with Crippen molar-refractivity contribution in [3.8, 4) is 0 Å². The molecule has 0 aromatic heterocycles. The highest BCUT2D eigenvalue weighted by molar-refractivity contribution is 5.74. The fourth-order valence-electron chi connectivity index (χ4n) is 2.45. The van der Waals surface area contributed by atoms with Crippen LogP contribution in [0.4, 0.5) is 13.6 Å². The fourth-order valence-corrected chi connectivity index (χ4v) is 2.45. The Hall–Kier alpha value is -1.73. The van der Waals surface area contributed by atoms with Gasteiger partial charge in [-0.2, -0.15) is 0 Å². The average Bonchev–Trinajstić information content (AvgIpc) is 3.06. The van der Waals surface area contributed by atoms with Crippen LogP contribution in [0.1, 0.15) is 31.4 Å². The summed E-state index contributed by atoms with van der Waals surface area (Å²) in [6.45, 7) is 5.04. The van der Waals surface area contributed by atoms with Gasteiger partial charge in [0.15, 0.2) is 11.6 Å². The number of ether oxygens (including phenoxy) is 2. The maximum atomic E-state index is 13.2. The van der Waals surface area contributed by atoms with Crippen LogP contribution in [0.15, 0.2) is 18.2 Å². The number of halogens is 2. The predicted molar refractivity (Wildman–Crippen MR) is 85.7 cm³/mol. The molecule has 2 atom stereocenters. The van der Waals surface area contributed by atoms with Crippen molar-refractivity contribution in [1.82, 2.24) is 10.6 Å². The number of amides is 2. The minimum atomic E-state index is -0.925. The van der Waals surface area contributed by atoms with E-state index < -0.39 is 17.7 Å². The summed E-state index contributed by atoms with van der Waals surface area (Å²) in [6.07, 6.45) is 1.75. The summed E-state index contributed by atoms with van der Waals surface area (Å²) < 4.78 is 36.9. The van der Waals surface area contributed by atoms with E-state index >= 15 is 0 Å². The Bertz CT molecular complexity index is 537. The Morgan fingerprint density at radius 1 is 1.42 bits per heavy atom. The topological polar surface area (TPSA) is 59.6 Å². The van der Waals surface area contributed by atoms with Gasteiger partial charge in [0, 0.05) is 25.7 Å². The molecule has 0 aliphatic carbocycles. The Morgan fingerprint density at radius 3 is 2.96 bits per heavy atom. The number of benzene rings is 1. The van der Waals surface area contributed by atoms with Crippen molar-refractivity contribution in [2.45, 2.75) is 25.8 Å². The van der Waals surface area contributed by atoms with Crippen LogP contribution in [0.3, 0.4) is 0 Å². The summed E-state index contributed by atoms with van der Waals surface area (Å²) in [4.78, 5) is 11.8. The highest BCUT2D eigenvalue weighted by Crippen LogP contribution is 2.15. The van der Waals surface area contributed by atoms with Gasteiger partial charge in [0.2, 0.25) is 0 Å². The van der Waals surface area contributed by atoms with Gasteiger partial charge in [0.05, 0.1) is 19.3 Å². The van der Waals surface area contributed by atoms with Gasteiger partial charge in [-0.1, -0.05) is 6.07 Å². The first-order valence-corrected chi connectivity index (χ1v) is 8.21. The molecule has 24 heavy (non-hydrogen) atoms. The lowest BCUT2D eigenvalue weighted by Crippen LogP contribution is -2.37. The van der Waals surface area contributed by atoms with Gasteiger partial charge in [0.25, 0.3) is 0 Å². The van der Waals surface area contributed by atoms with E-state index in [9.17, 15) is 13.6 Å². The largest absolute Gasteiger partial charge is 0.381 e. The maximum absolute atomic E-state index is 13.2. The molecule has 1 aliphatic heterocycles. The molecule has 1 aromatic rings. The van der Waals surface area contributed by atoms with E-state index in [4.69, 9.17) is 9.47 Å². The second kappa shape index (κ2) is 9.54. The van der Waals surface area contributed by atoms with Crippen molar-refractivity contribution in [1.29, 1.82) is 0 Å². The highest BCUT2D eigenvalue weighted by Gasteiger charge is 2.15. The number of carbonyl (C=O) groups excluding carboxylic acids is 1. The smallest absolute Gasteiger partial charge is 0.315 e. The third-order valence-corrected chi connectivity index (χ3v) is 3.92. The van der Waals surface area contributed by atoms with Crippen LogP contribution in [0, 0.1) is 17.6 Å². The molecule has 1 fully saturated rings. The quantitative estimate of drug-likeness (QED) is 0.714. The monoisotopic (exact) mass is 342 g/mol. The Labute approximate surface area is 140 Å². The van der Waals surface area contributed by atoms with E-state index in [0.717, 1.165) is 31.8 Å². The molecule has 0 radical (unpaired) electrons. The van der Waals surface area contributed by atoms with Gasteiger partial charge in [-0.15, -0.1) is 0 Å². The van der Waals surface area contributed by atoms with E-state index in [2.05, 4.69) is 10.6 Å². The highest BCUT2D eigenvalue weighted by atomic mass is 19.2. The second-order valence-electron chi connectivity index (χ2n) is 5.95. The van der Waals surface area contributed by atoms with Gasteiger partial charge in [-0.25, -0.2) is 13.6 Å². The fraction of sp³-hybridized carbons (Fsp3) is 0.588. The molecule has 2 amide bonds. The summed E-state index contributed by atoms with van der Waals surface area (Å²) in [5.74, 6) is -1.34. The van der Waals surface area contributed by atoms with Gasteiger partial charge in [-0.05, 0) is 37.5 Å². The molecule has 2 N–H and O–H groups in total. The Balaban J connectivity index is 1.57. The molecular weight excluding hydrogens is 318 g/mol. The molecule has 1 saturated heterocycles. The lowest BCUT2D eigenvalue weighted by molar-refractivity contribution is 0.0885. The molecule has 1 aliphatic rings. The van der Waals surface area contributed by atoms with Crippen LogP contribution < -0.4 is 10.6 Å². The van der Waals surface area contributed by atoms with Crippen molar-refractivity contribution in [3.63, 3.8) is 0 Å². The zero-order chi connectivity index (χ0) is 17.4. The first-order valence-electron chi connectivity index (χ1n) is 8.21. The summed E-state index contributed by atoms with van der Waals surface area (Å²) in [6, 6.07) is 2.81. The second-order valence-corrected chi connectivity index (χ2v) is 5.95. The standard InChI is InChI=1S/C17H24F2N2O3/c1-12(14-3-4-15(18)16(19)9-14)21-17(22)20-6-2-7-23-10-13-5-8-24-11-13/h3-4,9,12-13H,2,5-8,10-11H2,1H3,(H2,20,21,22). The number of rotatable bonds is 8. The van der Waals surface area contributed by atoms with E-state index in [1.807, 2.05) is 0 Å². The average molecular weight is 342 g/mol. The van der Waals surface area contributed by atoms with Crippen molar-refractivity contribution < 1.29 is 23.0 Å². The van der Waals surface area contributed by atoms with Crippen molar-refractivity contribution >= 4 is 6.03 Å². The number of carbonyl (C=O) groups is 1. The van der Waals surface area contributed by atoms with Crippen molar-refractivity contribution in [2.75, 3.05) is 33.0 Å². The minimum Gasteiger partial charge on any atom is -0.381 e. The zero-order valence-electron chi connectivity index (χ0n) is 13.8. The molecule has 0 bridgehead atoms. The Morgan fingerprint density at radius 2 is 2.25 bits per heavy atom. The van der Waals surface area contributed by atoms with Crippen LogP contribution in [0.25, 0.3) is 0 Å². The lowest BCUT2D eigenvalue weighted by atomic mass is 10.1. The molecule has 1 heterocycles. The lowest BCUT2D eigenvalue weighted by Gasteiger charge is -2.15. The Kier molecular flexibility index (Phi) is 7.39. The van der Waals surface area contributed by atoms with Crippen LogP contribution >= 0.6 is 0 Å². The number of nitrogens with one attached hydrogen (secondary N) is 2. The SMILES string of the molecule is CC(NC(=O)NCCCOCC1CCOC1)c1ccc(F)c(F)c1. The summed E-state index contributed by atoms with van der Waals surface area (Å²) in [7, 11) is 0. The third-order valence-electron chi connectivity index (χ3n) is 3.92. The van der Waals surface area contributed by atoms with Crippen molar-refractivity contribution in [3.05, 3.63) is 35.4 Å². The van der Waals surface area contributed by atoms with Gasteiger partial charge in [-0.3, -0.25) is 0 Å². The van der Waals surface area contributed by atoms with Gasteiger partial charge in [0.1, 0.15) is 0 Å². The number of hydrogen-bond acceptors (Lipinski definition) is 3. The van der Waals surface area contributed by atoms with E-state index in [0.29, 0.717) is 37.7 Å². The van der Waals surface area contributed by atoms with Crippen LogP contribution in [0.2, 0.25) is 0 Å². The molecule has 7 heteroatoms. The van der Waals surface area contributed by atoms with E-state index in [-0.39, 0.29) is 6.03 Å². The van der Waals surface area contributed by atoms with E-state index in [1.165, 1.54) is 6.07 Å². The zero-order valence-corrected chi connectivity index (χ0v) is 13.8. The summed E-state index contributed by atoms with van der Waals surface area (Å²) >= 11 is 0. The van der Waals surface area contributed by atoms with Gasteiger partial charge >= 0.3 is 6.03 Å². The van der Waals surface area contributed by atoms with Crippen LogP contribution in [0.5, 0.6) is 0 Å². The molecule has 134 valence electrons. The minimum absolute atomic E-state index is 0.351.